The van der Waals surface area contributed by atoms with Crippen molar-refractivity contribution < 1.29 is 0 Å². The van der Waals surface area contributed by atoms with Gasteiger partial charge in [0.25, 0.3) is 0 Å². The maximum absolute atomic E-state index is 6.14. The molecule has 0 radical (unpaired) electrons. The molecule has 0 amide bonds. The maximum Gasteiger partial charge on any atom is 0.159 e. The molecule has 0 atom stereocenters. The number of aryl methyl sites for hydroxylation is 1. The molecule has 6 heteroatoms. The highest BCUT2D eigenvalue weighted by atomic mass is 15.1. The number of rotatable bonds is 4. The van der Waals surface area contributed by atoms with E-state index < -0.39 is 0 Å². The molecule has 0 fully saturated rings. The summed E-state index contributed by atoms with van der Waals surface area (Å²) < 4.78 is 0. The number of nitrogens with zero attached hydrogens (tertiary/aromatic N) is 3. The van der Waals surface area contributed by atoms with Crippen LogP contribution in [0, 0.1) is 6.92 Å². The third-order valence-corrected chi connectivity index (χ3v) is 3.12. The molecule has 0 saturated heterocycles. The largest absolute Gasteiger partial charge is 0.393 e. The first-order valence-corrected chi connectivity index (χ1v) is 6.83. The average molecular weight is 292 g/mol. The van der Waals surface area contributed by atoms with Crippen LogP contribution >= 0.6 is 0 Å². The zero-order valence-corrected chi connectivity index (χ0v) is 12.1. The molecule has 6 nitrogen and oxygen atoms in total. The summed E-state index contributed by atoms with van der Waals surface area (Å²) in [7, 11) is 0. The number of nitrogen functional groups attached to an aromatic ring is 1. The standard InChI is InChI=1S/C16H16N6/c1-11-4-6-12(7-5-11)21-15-14(17)16(20-10-19-15)22-13-3-2-8-18-9-13/h2-10H,17H2,1H3,(H2,19,20,21,22). The third kappa shape index (κ3) is 3.12. The van der Waals surface area contributed by atoms with Crippen molar-refractivity contribution in [2.24, 2.45) is 0 Å². The fourth-order valence-electron chi connectivity index (χ4n) is 1.94. The minimum absolute atomic E-state index is 0.451. The van der Waals surface area contributed by atoms with Crippen LogP contribution in [-0.2, 0) is 0 Å². The molecule has 2 heterocycles. The summed E-state index contributed by atoms with van der Waals surface area (Å²) in [5.74, 6) is 1.10. The van der Waals surface area contributed by atoms with Gasteiger partial charge in [-0.3, -0.25) is 4.98 Å². The van der Waals surface area contributed by atoms with Crippen LogP contribution in [0.15, 0.2) is 55.1 Å². The molecule has 0 unspecified atom stereocenters. The second kappa shape index (κ2) is 6.09. The summed E-state index contributed by atoms with van der Waals surface area (Å²) in [4.78, 5) is 12.4. The number of benzene rings is 1. The molecule has 0 aliphatic rings. The van der Waals surface area contributed by atoms with Crippen LogP contribution in [0.2, 0.25) is 0 Å². The van der Waals surface area contributed by atoms with Crippen molar-refractivity contribution in [3.8, 4) is 0 Å². The molecule has 3 aromatic rings. The summed E-state index contributed by atoms with van der Waals surface area (Å²) in [6.45, 7) is 2.04. The lowest BCUT2D eigenvalue weighted by atomic mass is 10.2. The second-order valence-corrected chi connectivity index (χ2v) is 4.84. The average Bonchev–Trinajstić information content (AvgIpc) is 2.54. The van der Waals surface area contributed by atoms with Gasteiger partial charge in [-0.25, -0.2) is 9.97 Å². The van der Waals surface area contributed by atoms with Gasteiger partial charge in [-0.2, -0.15) is 0 Å². The summed E-state index contributed by atoms with van der Waals surface area (Å²) in [5, 5.41) is 6.32. The Labute approximate surface area is 128 Å². The van der Waals surface area contributed by atoms with E-state index >= 15 is 0 Å². The Balaban J connectivity index is 1.84. The number of anilines is 5. The van der Waals surface area contributed by atoms with Crippen LogP contribution in [0.25, 0.3) is 0 Å². The van der Waals surface area contributed by atoms with Crippen LogP contribution in [-0.4, -0.2) is 15.0 Å². The molecule has 1 aromatic carbocycles. The van der Waals surface area contributed by atoms with E-state index in [1.165, 1.54) is 11.9 Å². The van der Waals surface area contributed by atoms with E-state index in [0.717, 1.165) is 11.4 Å². The number of nitrogens with one attached hydrogen (secondary N) is 2. The summed E-state index contributed by atoms with van der Waals surface area (Å²) in [5.41, 5.74) is 9.52. The molecule has 4 N–H and O–H groups in total. The number of pyridine rings is 1. The normalized spacial score (nSPS) is 10.2. The van der Waals surface area contributed by atoms with E-state index in [1.54, 1.807) is 12.4 Å². The first-order chi connectivity index (χ1) is 10.7. The first-order valence-electron chi connectivity index (χ1n) is 6.83. The van der Waals surface area contributed by atoms with Crippen molar-refractivity contribution in [1.29, 1.82) is 0 Å². The van der Waals surface area contributed by atoms with E-state index in [4.69, 9.17) is 5.73 Å². The van der Waals surface area contributed by atoms with Crippen molar-refractivity contribution in [3.05, 3.63) is 60.7 Å². The minimum atomic E-state index is 0.451. The third-order valence-electron chi connectivity index (χ3n) is 3.12. The lowest BCUT2D eigenvalue weighted by Gasteiger charge is -2.12. The van der Waals surface area contributed by atoms with Crippen molar-refractivity contribution in [2.45, 2.75) is 6.92 Å². The molecule has 0 aliphatic carbocycles. The van der Waals surface area contributed by atoms with Gasteiger partial charge in [-0.05, 0) is 31.2 Å². The van der Waals surface area contributed by atoms with Crippen molar-refractivity contribution >= 4 is 28.7 Å². The molecule has 22 heavy (non-hydrogen) atoms. The predicted octanol–water partition coefficient (Wildman–Crippen LogP) is 3.25. The lowest BCUT2D eigenvalue weighted by molar-refractivity contribution is 1.17. The Kier molecular flexibility index (Phi) is 3.82. The Hall–Kier alpha value is -3.15. The Bertz CT molecular complexity index is 755. The van der Waals surface area contributed by atoms with Crippen LogP contribution in [0.3, 0.4) is 0 Å². The minimum Gasteiger partial charge on any atom is -0.393 e. The zero-order valence-electron chi connectivity index (χ0n) is 12.1. The van der Waals surface area contributed by atoms with Crippen LogP contribution in [0.5, 0.6) is 0 Å². The zero-order chi connectivity index (χ0) is 15.4. The molecule has 0 spiro atoms. The van der Waals surface area contributed by atoms with Crippen molar-refractivity contribution in [2.75, 3.05) is 16.4 Å². The summed E-state index contributed by atoms with van der Waals surface area (Å²) >= 11 is 0. The Morgan fingerprint density at radius 2 is 1.59 bits per heavy atom. The number of hydrogen-bond donors (Lipinski definition) is 3. The summed E-state index contributed by atoms with van der Waals surface area (Å²) in [6, 6.07) is 11.7. The molecule has 0 bridgehead atoms. The molecular weight excluding hydrogens is 276 g/mol. The number of aromatic nitrogens is 3. The van der Waals surface area contributed by atoms with Gasteiger partial charge in [0, 0.05) is 11.9 Å². The number of hydrogen-bond acceptors (Lipinski definition) is 6. The van der Waals surface area contributed by atoms with E-state index in [2.05, 4.69) is 25.6 Å². The SMILES string of the molecule is Cc1ccc(Nc2ncnc(Nc3cccnc3)c2N)cc1. The first kappa shape index (κ1) is 13.8. The van der Waals surface area contributed by atoms with E-state index in [0.29, 0.717) is 17.3 Å². The van der Waals surface area contributed by atoms with Crippen LogP contribution < -0.4 is 16.4 Å². The van der Waals surface area contributed by atoms with E-state index in [1.807, 2.05) is 43.3 Å². The smallest absolute Gasteiger partial charge is 0.159 e. The van der Waals surface area contributed by atoms with Gasteiger partial charge in [0.05, 0.1) is 11.9 Å². The van der Waals surface area contributed by atoms with Crippen LogP contribution in [0.4, 0.5) is 28.7 Å². The van der Waals surface area contributed by atoms with E-state index in [-0.39, 0.29) is 0 Å². The molecule has 110 valence electrons. The van der Waals surface area contributed by atoms with Gasteiger partial charge in [0.15, 0.2) is 11.6 Å². The molecule has 2 aromatic heterocycles. The topological polar surface area (TPSA) is 88.8 Å². The molecule has 0 aliphatic heterocycles. The van der Waals surface area contributed by atoms with Gasteiger partial charge >= 0.3 is 0 Å². The quantitative estimate of drug-likeness (QED) is 0.684. The van der Waals surface area contributed by atoms with Crippen LogP contribution in [0.1, 0.15) is 5.56 Å². The monoisotopic (exact) mass is 292 g/mol. The maximum atomic E-state index is 6.14. The van der Waals surface area contributed by atoms with Gasteiger partial charge in [0.2, 0.25) is 0 Å². The molecular formula is C16H16N6. The second-order valence-electron chi connectivity index (χ2n) is 4.84. The highest BCUT2D eigenvalue weighted by Gasteiger charge is 2.08. The Morgan fingerprint density at radius 1 is 0.909 bits per heavy atom. The van der Waals surface area contributed by atoms with Gasteiger partial charge in [0.1, 0.15) is 12.0 Å². The fourth-order valence-corrected chi connectivity index (χ4v) is 1.94. The van der Waals surface area contributed by atoms with Gasteiger partial charge in [-0.15, -0.1) is 0 Å². The predicted molar refractivity (Wildman–Crippen MR) is 88.4 cm³/mol. The van der Waals surface area contributed by atoms with E-state index in [9.17, 15) is 0 Å². The summed E-state index contributed by atoms with van der Waals surface area (Å²) in [6.07, 6.45) is 4.87. The highest BCUT2D eigenvalue weighted by Crippen LogP contribution is 2.27. The van der Waals surface area contributed by atoms with Crippen molar-refractivity contribution in [1.82, 2.24) is 15.0 Å². The lowest BCUT2D eigenvalue weighted by Crippen LogP contribution is -2.05. The highest BCUT2D eigenvalue weighted by molar-refractivity contribution is 5.80. The van der Waals surface area contributed by atoms with Gasteiger partial charge in [-0.1, -0.05) is 17.7 Å². The number of nitrogens with two attached hydrogens (primary N) is 1. The van der Waals surface area contributed by atoms with Crippen molar-refractivity contribution in [3.63, 3.8) is 0 Å². The molecule has 0 saturated carbocycles. The molecule has 3 rings (SSSR count). The fraction of sp³-hybridized carbons (Fsp3) is 0.0625. The Morgan fingerprint density at radius 3 is 2.23 bits per heavy atom. The van der Waals surface area contributed by atoms with Gasteiger partial charge < -0.3 is 16.4 Å².